The number of hydrogen-bond acceptors (Lipinski definition) is 6. The van der Waals surface area contributed by atoms with Gasteiger partial charge in [0.1, 0.15) is 5.82 Å². The minimum absolute atomic E-state index is 0.111. The van der Waals surface area contributed by atoms with Crippen molar-refractivity contribution in [3.63, 3.8) is 0 Å². The van der Waals surface area contributed by atoms with Crippen LogP contribution in [-0.4, -0.2) is 20.4 Å². The first-order valence-corrected chi connectivity index (χ1v) is 6.83. The van der Waals surface area contributed by atoms with Crippen molar-refractivity contribution in [1.82, 2.24) is 9.36 Å². The summed E-state index contributed by atoms with van der Waals surface area (Å²) in [7, 11) is 0. The fraction of sp³-hybridized carbons (Fsp3) is 0.182. The molecule has 94 valence electrons. The fourth-order valence-electron chi connectivity index (χ4n) is 1.34. The van der Waals surface area contributed by atoms with Gasteiger partial charge in [-0.15, -0.1) is 0 Å². The first kappa shape index (κ1) is 12.8. The predicted molar refractivity (Wildman–Crippen MR) is 71.2 cm³/mol. The van der Waals surface area contributed by atoms with E-state index in [2.05, 4.69) is 9.36 Å². The molecule has 0 bridgehead atoms. The van der Waals surface area contributed by atoms with Crippen molar-refractivity contribution in [2.75, 3.05) is 5.73 Å². The van der Waals surface area contributed by atoms with Gasteiger partial charge >= 0.3 is 5.97 Å². The molecule has 0 radical (unpaired) electrons. The standard InChI is InChI=1S/C11H11N3O2S2/c1-2-8-13-11(18-14-8)17-7-5-3-4-6(9(7)12)10(15)16/h3-5H,2,12H2,1H3,(H,15,16). The summed E-state index contributed by atoms with van der Waals surface area (Å²) in [5.41, 5.74) is 6.20. The van der Waals surface area contributed by atoms with Gasteiger partial charge in [-0.2, -0.15) is 4.37 Å². The Bertz CT molecular complexity index is 583. The van der Waals surface area contributed by atoms with Crippen molar-refractivity contribution < 1.29 is 9.90 Å². The van der Waals surface area contributed by atoms with Crippen LogP contribution in [-0.2, 0) is 6.42 Å². The Morgan fingerprint density at radius 1 is 1.56 bits per heavy atom. The molecule has 2 rings (SSSR count). The highest BCUT2D eigenvalue weighted by molar-refractivity contribution is 8.01. The molecule has 0 saturated heterocycles. The molecule has 0 unspecified atom stereocenters. The molecule has 0 amide bonds. The van der Waals surface area contributed by atoms with Crippen LogP contribution >= 0.6 is 23.3 Å². The lowest BCUT2D eigenvalue weighted by Gasteiger charge is -2.05. The molecular formula is C11H11N3O2S2. The van der Waals surface area contributed by atoms with Crippen molar-refractivity contribution >= 4 is 35.0 Å². The molecule has 18 heavy (non-hydrogen) atoms. The maximum absolute atomic E-state index is 11.0. The van der Waals surface area contributed by atoms with E-state index in [1.807, 2.05) is 6.92 Å². The molecule has 1 aromatic heterocycles. The number of para-hydroxylation sites is 1. The van der Waals surface area contributed by atoms with E-state index >= 15 is 0 Å². The lowest BCUT2D eigenvalue weighted by molar-refractivity contribution is 0.0698. The van der Waals surface area contributed by atoms with Crippen molar-refractivity contribution in [2.24, 2.45) is 0 Å². The maximum atomic E-state index is 11.0. The van der Waals surface area contributed by atoms with Crippen LogP contribution in [0.5, 0.6) is 0 Å². The summed E-state index contributed by atoms with van der Waals surface area (Å²) >= 11 is 2.63. The fourth-order valence-corrected chi connectivity index (χ4v) is 3.07. The van der Waals surface area contributed by atoms with Crippen molar-refractivity contribution in [3.05, 3.63) is 29.6 Å². The monoisotopic (exact) mass is 281 g/mol. The lowest BCUT2D eigenvalue weighted by atomic mass is 10.2. The minimum Gasteiger partial charge on any atom is -0.478 e. The minimum atomic E-state index is -1.03. The molecular weight excluding hydrogens is 270 g/mol. The van der Waals surface area contributed by atoms with Gasteiger partial charge in [-0.3, -0.25) is 0 Å². The Morgan fingerprint density at radius 3 is 2.94 bits per heavy atom. The van der Waals surface area contributed by atoms with E-state index in [1.54, 1.807) is 12.1 Å². The van der Waals surface area contributed by atoms with Crippen LogP contribution in [0.1, 0.15) is 23.1 Å². The number of aryl methyl sites for hydroxylation is 1. The van der Waals surface area contributed by atoms with Gasteiger partial charge in [-0.25, -0.2) is 9.78 Å². The molecule has 5 nitrogen and oxygen atoms in total. The van der Waals surface area contributed by atoms with Crippen LogP contribution in [0.15, 0.2) is 27.4 Å². The molecule has 0 spiro atoms. The normalized spacial score (nSPS) is 10.5. The van der Waals surface area contributed by atoms with E-state index in [1.165, 1.54) is 29.4 Å². The number of benzene rings is 1. The lowest BCUT2D eigenvalue weighted by Crippen LogP contribution is -2.03. The SMILES string of the molecule is CCc1nsc(Sc2cccc(C(=O)O)c2N)n1. The highest BCUT2D eigenvalue weighted by Gasteiger charge is 2.13. The van der Waals surface area contributed by atoms with Gasteiger partial charge in [-0.1, -0.05) is 24.8 Å². The molecule has 0 aliphatic heterocycles. The molecule has 0 atom stereocenters. The predicted octanol–water partition coefficient (Wildman–Crippen LogP) is 2.53. The summed E-state index contributed by atoms with van der Waals surface area (Å²) in [5.74, 6) is -0.239. The summed E-state index contributed by atoms with van der Waals surface area (Å²) in [6.45, 7) is 1.98. The third-order valence-corrected chi connectivity index (χ3v) is 4.12. The molecule has 0 aliphatic rings. The summed E-state index contributed by atoms with van der Waals surface area (Å²) in [6, 6.07) is 4.93. The Labute approximate surface area is 112 Å². The van der Waals surface area contributed by atoms with Gasteiger partial charge in [0.25, 0.3) is 0 Å². The molecule has 0 aliphatic carbocycles. The quantitative estimate of drug-likeness (QED) is 0.837. The van der Waals surface area contributed by atoms with Crippen LogP contribution in [0.4, 0.5) is 5.69 Å². The molecule has 1 heterocycles. The Kier molecular flexibility index (Phi) is 3.83. The van der Waals surface area contributed by atoms with E-state index in [0.717, 1.165) is 16.6 Å². The van der Waals surface area contributed by atoms with E-state index in [-0.39, 0.29) is 11.3 Å². The van der Waals surface area contributed by atoms with Crippen molar-refractivity contribution in [3.8, 4) is 0 Å². The number of rotatable bonds is 4. The summed E-state index contributed by atoms with van der Waals surface area (Å²) in [4.78, 5) is 16.0. The Hall–Kier alpha value is -1.60. The molecule has 1 aromatic carbocycles. The molecule has 2 aromatic rings. The number of nitrogen functional groups attached to an aromatic ring is 1. The van der Waals surface area contributed by atoms with Crippen LogP contribution in [0.25, 0.3) is 0 Å². The van der Waals surface area contributed by atoms with Gasteiger partial charge in [0.05, 0.1) is 11.3 Å². The second-order valence-electron chi connectivity index (χ2n) is 3.45. The van der Waals surface area contributed by atoms with Gasteiger partial charge < -0.3 is 10.8 Å². The summed E-state index contributed by atoms with van der Waals surface area (Å²) < 4.78 is 4.94. The number of nitrogens with two attached hydrogens (primary N) is 1. The average Bonchev–Trinajstić information content (AvgIpc) is 2.79. The van der Waals surface area contributed by atoms with Gasteiger partial charge in [0, 0.05) is 11.3 Å². The average molecular weight is 281 g/mol. The number of carboxylic acid groups (broad SMARTS) is 1. The zero-order valence-corrected chi connectivity index (χ0v) is 11.2. The van der Waals surface area contributed by atoms with Crippen molar-refractivity contribution in [1.29, 1.82) is 0 Å². The third-order valence-electron chi connectivity index (χ3n) is 2.26. The second kappa shape index (κ2) is 5.36. The number of carbonyl (C=O) groups is 1. The molecule has 3 N–H and O–H groups in total. The van der Waals surface area contributed by atoms with Crippen LogP contribution in [0.2, 0.25) is 0 Å². The zero-order chi connectivity index (χ0) is 13.1. The van der Waals surface area contributed by atoms with Crippen LogP contribution in [0.3, 0.4) is 0 Å². The Balaban J connectivity index is 2.29. The number of aromatic nitrogens is 2. The number of hydrogen-bond donors (Lipinski definition) is 2. The highest BCUT2D eigenvalue weighted by Crippen LogP contribution is 2.34. The van der Waals surface area contributed by atoms with E-state index in [9.17, 15) is 4.79 Å². The summed E-state index contributed by atoms with van der Waals surface area (Å²) in [5, 5.41) is 8.98. The number of carboxylic acids is 1. The molecule has 0 saturated carbocycles. The van der Waals surface area contributed by atoms with Gasteiger partial charge in [0.15, 0.2) is 4.34 Å². The van der Waals surface area contributed by atoms with Gasteiger partial charge in [-0.05, 0) is 23.7 Å². The first-order valence-electron chi connectivity index (χ1n) is 5.24. The molecule has 0 fully saturated rings. The highest BCUT2D eigenvalue weighted by atomic mass is 32.2. The summed E-state index contributed by atoms with van der Waals surface area (Å²) in [6.07, 6.45) is 0.779. The number of nitrogens with zero attached hydrogens (tertiary/aromatic N) is 2. The second-order valence-corrected chi connectivity index (χ2v) is 5.50. The third kappa shape index (κ3) is 2.62. The first-order chi connectivity index (χ1) is 8.61. The van der Waals surface area contributed by atoms with Crippen LogP contribution in [0, 0.1) is 0 Å². The van der Waals surface area contributed by atoms with Crippen LogP contribution < -0.4 is 5.73 Å². The zero-order valence-electron chi connectivity index (χ0n) is 9.58. The molecule has 7 heteroatoms. The van der Waals surface area contributed by atoms with E-state index in [4.69, 9.17) is 10.8 Å². The smallest absolute Gasteiger partial charge is 0.337 e. The topological polar surface area (TPSA) is 89.1 Å². The van der Waals surface area contributed by atoms with Gasteiger partial charge in [0.2, 0.25) is 0 Å². The Morgan fingerprint density at radius 2 is 2.33 bits per heavy atom. The largest absolute Gasteiger partial charge is 0.478 e. The number of anilines is 1. The maximum Gasteiger partial charge on any atom is 0.337 e. The van der Waals surface area contributed by atoms with E-state index < -0.39 is 5.97 Å². The van der Waals surface area contributed by atoms with E-state index in [0.29, 0.717) is 4.90 Å². The van der Waals surface area contributed by atoms with Crippen molar-refractivity contribution in [2.45, 2.75) is 22.6 Å². The number of aromatic carboxylic acids is 1.